The molecule has 0 bridgehead atoms. The molecule has 6 aliphatic heterocycles. The summed E-state index contributed by atoms with van der Waals surface area (Å²) in [6.07, 6.45) is 10.1. The first-order valence-electron chi connectivity index (χ1n) is 46.8. The van der Waals surface area contributed by atoms with Crippen molar-refractivity contribution in [1.82, 2.24) is 19.6 Å². The Kier molecular flexibility index (Phi) is 109. The zero-order valence-corrected chi connectivity index (χ0v) is 86.8. The predicted octanol–water partition coefficient (Wildman–Crippen LogP) is 27.1. The van der Waals surface area contributed by atoms with Crippen LogP contribution in [0.4, 0.5) is 0 Å². The molecule has 7 unspecified atom stereocenters. The van der Waals surface area contributed by atoms with Gasteiger partial charge in [-0.05, 0) is 157 Å². The molecule has 6 fully saturated rings. The minimum Gasteiger partial charge on any atom is -1.00 e. The molecule has 0 saturated carbocycles. The molecule has 7 atom stereocenters. The molecular formula is C107H189ClMgN4O7. The number of ether oxygens (including phenoxy) is 4. The molecule has 2 spiro atoms. The summed E-state index contributed by atoms with van der Waals surface area (Å²) in [5, 5.41) is 11.5. The summed E-state index contributed by atoms with van der Waals surface area (Å²) in [6, 6.07) is 61.4. The average molecular weight is 1700 g/mol. The van der Waals surface area contributed by atoms with Crippen molar-refractivity contribution in [3.8, 4) is 11.5 Å². The summed E-state index contributed by atoms with van der Waals surface area (Å²) in [5.41, 5.74) is 6.72. The average Bonchev–Trinajstić information content (AvgIpc) is 1.59. The summed E-state index contributed by atoms with van der Waals surface area (Å²) >= 11 is 0. The van der Waals surface area contributed by atoms with Gasteiger partial charge >= 0.3 is 23.1 Å². The van der Waals surface area contributed by atoms with Crippen LogP contribution in [0.5, 0.6) is 11.5 Å². The van der Waals surface area contributed by atoms with Crippen LogP contribution in [0.3, 0.4) is 0 Å². The quantitative estimate of drug-likeness (QED) is 0.0720. The SMILES string of the molecule is C=C(COc1ccccc1)CC1(O)CCCN(C)C1c1ccccc1.C=C([CH2-])COc1ccccc1.C=C1COC2(CCCN(C)C2c2ccccc2)C1.CC.CC.CC.CC.CC.CC.CC.CC.CC.CC.CC.CC.CC.CC.CC.CC.CN1CCCC(=O)C1c1ccccc1.CN1CCCC2(CC(=O)CO2)C1c1ccccc1.[Cl-].[Mg+2]. The Balaban J connectivity index is -0.000000128. The van der Waals surface area contributed by atoms with E-state index in [0.717, 1.165) is 118 Å². The van der Waals surface area contributed by atoms with E-state index in [-0.39, 0.29) is 77.2 Å². The van der Waals surface area contributed by atoms with E-state index in [1.807, 2.05) is 344 Å². The van der Waals surface area contributed by atoms with Gasteiger partial charge in [0.25, 0.3) is 0 Å². The van der Waals surface area contributed by atoms with Crippen LogP contribution in [0.2, 0.25) is 0 Å². The molecule has 6 aromatic rings. The van der Waals surface area contributed by atoms with Gasteiger partial charge in [0.05, 0.1) is 54.2 Å². The van der Waals surface area contributed by atoms with E-state index >= 15 is 0 Å². The van der Waals surface area contributed by atoms with Gasteiger partial charge in [0.1, 0.15) is 24.7 Å². The fourth-order valence-corrected chi connectivity index (χ4v) is 13.8. The first-order chi connectivity index (χ1) is 57.6. The Morgan fingerprint density at radius 2 is 0.683 bits per heavy atom. The van der Waals surface area contributed by atoms with Crippen molar-refractivity contribution in [2.45, 2.75) is 333 Å². The minimum absolute atomic E-state index is 0. The van der Waals surface area contributed by atoms with Crippen LogP contribution < -0.4 is 21.9 Å². The first-order valence-corrected chi connectivity index (χ1v) is 46.8. The maximum absolute atomic E-state index is 11.8. The third kappa shape index (κ3) is 54.0. The first kappa shape index (κ1) is 137. The number of likely N-dealkylation sites (N-methyl/N-ethyl adjacent to an activating group) is 4. The number of halogens is 1. The van der Waals surface area contributed by atoms with Gasteiger partial charge in [-0.3, -0.25) is 29.2 Å². The van der Waals surface area contributed by atoms with Gasteiger partial charge in [0, 0.05) is 25.7 Å². The van der Waals surface area contributed by atoms with Gasteiger partial charge in [-0.2, -0.15) is 5.57 Å². The number of Topliss-reactive ketones (excluding diaryl/α,β-unsaturated/α-hetero) is 2. The van der Waals surface area contributed by atoms with Crippen LogP contribution >= 0.6 is 0 Å². The third-order valence-electron chi connectivity index (χ3n) is 17.4. The Labute approximate surface area is 768 Å². The fourth-order valence-electron chi connectivity index (χ4n) is 13.8. The van der Waals surface area contributed by atoms with Crippen molar-refractivity contribution >= 4 is 34.6 Å². The number of carbonyl (C=O) groups is 2. The Hall–Kier alpha value is -5.87. The van der Waals surface area contributed by atoms with Crippen LogP contribution in [0.1, 0.15) is 339 Å². The smallest absolute Gasteiger partial charge is 1.00 e. The number of hydrogen-bond donors (Lipinski definition) is 1. The van der Waals surface area contributed by atoms with Crippen LogP contribution in [-0.2, 0) is 19.1 Å². The second-order valence-corrected chi connectivity index (χ2v) is 24.4. The number of carbonyl (C=O) groups excluding carboxylic acids is 2. The molecule has 688 valence electrons. The number of hydrogen-bond acceptors (Lipinski definition) is 11. The van der Waals surface area contributed by atoms with Crippen molar-refractivity contribution in [2.75, 3.05) is 80.8 Å². The standard InChI is InChI=1S/C22H27NO2.C16H21NO.C15H19NO2.C12H15NO.C10H11O.16C2H6.ClH.Mg/c1-18(17-25-20-12-7-4-8-13-20)16-22(24)14-9-15-23(2)21(22)19-10-5-3-6-11-19;1-13-11-16(18-12-13)9-6-10-17(2)15(16)14-7-4-3-5-8-14;1-16-9-5-8-15(10-13(17)11-18-15)14(16)12-6-3-2-4-7-12;1-13-9-5-8-11(14)12(13)10-6-3-2-4-7-10;1-9(2)8-11-10-6-4-3-5-7-10;16*1-2;;/h3-8,10-13,21,24H,1,9,14-17H2,2H3;3-5,7-8,15H,1,6,9-12H2,2H3;2-4,6-7,14H,5,8-11H2,1H3;2-4,6-7,12H,5,8-9H2,1H3;3-7H,1-2,8H2;16*1-2H3;1H;/q;;;;-1;;;;;;;;;;;;;;;;;;+2/p-1. The number of likely N-dealkylation sites (tertiary alicyclic amines) is 4. The van der Waals surface area contributed by atoms with Gasteiger partial charge in [0.2, 0.25) is 0 Å². The van der Waals surface area contributed by atoms with Crippen LogP contribution in [0.15, 0.2) is 218 Å². The zero-order chi connectivity index (χ0) is 92.9. The monoisotopic (exact) mass is 1700 g/mol. The molecule has 1 N–H and O–H groups in total. The van der Waals surface area contributed by atoms with Gasteiger partial charge in [-0.15, -0.1) is 0 Å². The normalized spacial score (nSPS) is 19.4. The van der Waals surface area contributed by atoms with Crippen LogP contribution in [-0.4, -0.2) is 157 Å². The number of para-hydroxylation sites is 2. The maximum atomic E-state index is 11.8. The van der Waals surface area contributed by atoms with Gasteiger partial charge < -0.3 is 36.5 Å². The van der Waals surface area contributed by atoms with Gasteiger partial charge in [-0.25, -0.2) is 13.5 Å². The van der Waals surface area contributed by atoms with Crippen molar-refractivity contribution < 1.29 is 46.1 Å². The summed E-state index contributed by atoms with van der Waals surface area (Å²) in [7, 11) is 8.45. The Morgan fingerprint density at radius 1 is 0.400 bits per heavy atom. The summed E-state index contributed by atoms with van der Waals surface area (Å²) in [5.74, 6) is 2.28. The van der Waals surface area contributed by atoms with E-state index in [1.54, 1.807) is 0 Å². The van der Waals surface area contributed by atoms with E-state index in [9.17, 15) is 14.7 Å². The predicted molar refractivity (Wildman–Crippen MR) is 534 cm³/mol. The number of ketones is 2. The van der Waals surface area contributed by atoms with E-state index in [2.05, 4.69) is 134 Å². The Morgan fingerprint density at radius 3 is 0.992 bits per heavy atom. The fraction of sp³-hybridized carbons (Fsp3) is 0.579. The summed E-state index contributed by atoms with van der Waals surface area (Å²) < 4.78 is 23.2. The van der Waals surface area contributed by atoms with E-state index in [0.29, 0.717) is 37.9 Å². The number of piperidine rings is 4. The Bertz CT molecular complexity index is 3000. The molecule has 12 rings (SSSR count). The minimum atomic E-state index is -0.814. The molecule has 13 heteroatoms. The number of rotatable bonds is 12. The summed E-state index contributed by atoms with van der Waals surface area (Å²) in [4.78, 5) is 32.6. The second-order valence-electron chi connectivity index (χ2n) is 24.4. The molecule has 6 heterocycles. The molecule has 0 aromatic heterocycles. The van der Waals surface area contributed by atoms with Crippen molar-refractivity contribution in [3.05, 3.63) is 248 Å². The number of aliphatic hydroxyl groups is 1. The molecule has 0 aliphatic carbocycles. The van der Waals surface area contributed by atoms with Gasteiger partial charge in [-0.1, -0.05) is 392 Å². The molecule has 0 amide bonds. The van der Waals surface area contributed by atoms with Crippen molar-refractivity contribution in [3.63, 3.8) is 0 Å². The van der Waals surface area contributed by atoms with E-state index in [4.69, 9.17) is 18.9 Å². The van der Waals surface area contributed by atoms with E-state index < -0.39 is 5.60 Å². The number of nitrogens with zero attached hydrogens (tertiary/aromatic N) is 4. The largest absolute Gasteiger partial charge is 2.00 e. The topological polar surface area (TPSA) is 104 Å². The maximum Gasteiger partial charge on any atom is 2.00 e. The van der Waals surface area contributed by atoms with Crippen molar-refractivity contribution in [1.29, 1.82) is 0 Å². The molecular weight excluding hydrogens is 1510 g/mol. The van der Waals surface area contributed by atoms with Gasteiger partial charge in [0.15, 0.2) is 11.6 Å². The second kappa shape index (κ2) is 95.4. The van der Waals surface area contributed by atoms with E-state index in [1.165, 1.54) is 23.1 Å². The summed E-state index contributed by atoms with van der Waals surface area (Å²) in [6.45, 7) is 85.7. The van der Waals surface area contributed by atoms with Crippen molar-refractivity contribution in [2.24, 2.45) is 0 Å². The molecule has 6 aromatic carbocycles. The molecule has 6 saturated heterocycles. The molecule has 6 aliphatic rings. The zero-order valence-electron chi connectivity index (χ0n) is 84.7. The van der Waals surface area contributed by atoms with Crippen LogP contribution in [0.25, 0.3) is 0 Å². The molecule has 120 heavy (non-hydrogen) atoms. The number of benzene rings is 6. The molecule has 11 nitrogen and oxygen atoms in total. The third-order valence-corrected chi connectivity index (χ3v) is 17.4. The van der Waals surface area contributed by atoms with Crippen LogP contribution in [0, 0.1) is 6.92 Å². The molecule has 0 radical (unpaired) electrons.